The summed E-state index contributed by atoms with van der Waals surface area (Å²) in [5, 5.41) is 9.47. The Hall–Kier alpha value is -2.86. The lowest BCUT2D eigenvalue weighted by Gasteiger charge is -2.22. The van der Waals surface area contributed by atoms with E-state index in [1.807, 2.05) is 24.3 Å². The number of fused-ring (bicyclic) bond motifs is 3. The fourth-order valence-corrected chi connectivity index (χ4v) is 4.39. The quantitative estimate of drug-likeness (QED) is 0.860. The molecule has 1 saturated heterocycles. The molecule has 0 unspecified atom stereocenters. The molecular formula is C22H23NO5. The molecule has 4 rings (SSSR count). The van der Waals surface area contributed by atoms with Gasteiger partial charge in [-0.15, -0.1) is 0 Å². The Morgan fingerprint density at radius 2 is 1.64 bits per heavy atom. The molecule has 2 aromatic carbocycles. The largest absolute Gasteiger partial charge is 0.480 e. The van der Waals surface area contributed by atoms with E-state index in [1.165, 1.54) is 4.90 Å². The van der Waals surface area contributed by atoms with E-state index >= 15 is 0 Å². The van der Waals surface area contributed by atoms with Crippen molar-refractivity contribution in [2.45, 2.75) is 18.4 Å². The third-order valence-corrected chi connectivity index (χ3v) is 5.65. The summed E-state index contributed by atoms with van der Waals surface area (Å²) in [6.07, 6.45) is -0.194. The van der Waals surface area contributed by atoms with Crippen LogP contribution in [0.1, 0.15) is 23.5 Å². The molecule has 0 radical (unpaired) electrons. The van der Waals surface area contributed by atoms with Crippen LogP contribution in [-0.4, -0.2) is 55.0 Å². The van der Waals surface area contributed by atoms with E-state index in [0.29, 0.717) is 19.6 Å². The summed E-state index contributed by atoms with van der Waals surface area (Å²) in [4.78, 5) is 25.6. The molecule has 0 aromatic heterocycles. The maximum atomic E-state index is 12.7. The van der Waals surface area contributed by atoms with Gasteiger partial charge in [0.05, 0.1) is 6.61 Å². The highest BCUT2D eigenvalue weighted by Crippen LogP contribution is 2.44. The molecular weight excluding hydrogens is 358 g/mol. The van der Waals surface area contributed by atoms with Gasteiger partial charge in [-0.1, -0.05) is 48.5 Å². The van der Waals surface area contributed by atoms with Crippen LogP contribution in [0.25, 0.3) is 11.1 Å². The Kier molecular flexibility index (Phi) is 5.05. The topological polar surface area (TPSA) is 76.1 Å². The Morgan fingerprint density at radius 1 is 1.04 bits per heavy atom. The van der Waals surface area contributed by atoms with E-state index in [9.17, 15) is 14.7 Å². The van der Waals surface area contributed by atoms with E-state index in [4.69, 9.17) is 9.47 Å². The van der Waals surface area contributed by atoms with Crippen LogP contribution in [0.15, 0.2) is 48.5 Å². The number of carboxylic acids is 1. The van der Waals surface area contributed by atoms with Crippen molar-refractivity contribution < 1.29 is 24.2 Å². The second-order valence-corrected chi connectivity index (χ2v) is 7.37. The summed E-state index contributed by atoms with van der Waals surface area (Å²) in [7, 11) is 1.58. The number of amides is 1. The second kappa shape index (κ2) is 7.64. The van der Waals surface area contributed by atoms with Crippen molar-refractivity contribution >= 4 is 12.1 Å². The van der Waals surface area contributed by atoms with E-state index in [2.05, 4.69) is 24.3 Å². The summed E-state index contributed by atoms with van der Waals surface area (Å²) in [5.41, 5.74) is 4.57. The van der Waals surface area contributed by atoms with Gasteiger partial charge in [-0.2, -0.15) is 0 Å². The minimum absolute atomic E-state index is 0.00609. The van der Waals surface area contributed by atoms with Gasteiger partial charge in [-0.3, -0.25) is 4.90 Å². The molecule has 0 spiro atoms. The number of benzene rings is 2. The normalized spacial score (nSPS) is 20.7. The van der Waals surface area contributed by atoms with Gasteiger partial charge < -0.3 is 14.6 Å². The number of carboxylic acid groups (broad SMARTS) is 1. The molecule has 146 valence electrons. The van der Waals surface area contributed by atoms with Crippen molar-refractivity contribution in [2.24, 2.45) is 5.92 Å². The summed E-state index contributed by atoms with van der Waals surface area (Å²) in [5.74, 6) is -1.05. The minimum Gasteiger partial charge on any atom is -0.480 e. The number of hydrogen-bond acceptors (Lipinski definition) is 4. The summed E-state index contributed by atoms with van der Waals surface area (Å²) >= 11 is 0. The fourth-order valence-electron chi connectivity index (χ4n) is 4.39. The molecule has 6 heteroatoms. The van der Waals surface area contributed by atoms with Crippen molar-refractivity contribution in [3.63, 3.8) is 0 Å². The highest BCUT2D eigenvalue weighted by molar-refractivity contribution is 5.81. The lowest BCUT2D eigenvalue weighted by Crippen LogP contribution is -2.41. The number of nitrogens with zero attached hydrogens (tertiary/aromatic N) is 1. The van der Waals surface area contributed by atoms with Gasteiger partial charge in [0.25, 0.3) is 0 Å². The number of ether oxygens (including phenoxy) is 2. The first-order valence-corrected chi connectivity index (χ1v) is 9.43. The number of carbonyl (C=O) groups excluding carboxylic acids is 1. The second-order valence-electron chi connectivity index (χ2n) is 7.37. The number of likely N-dealkylation sites (tertiary alicyclic amines) is 1. The predicted octanol–water partition coefficient (Wildman–Crippen LogP) is 3.36. The highest BCUT2D eigenvalue weighted by atomic mass is 16.6. The first kappa shape index (κ1) is 18.5. The number of rotatable bonds is 5. The molecule has 0 bridgehead atoms. The van der Waals surface area contributed by atoms with E-state index < -0.39 is 18.1 Å². The van der Waals surface area contributed by atoms with Gasteiger partial charge in [0, 0.05) is 25.5 Å². The number of aliphatic carboxylic acids is 1. The van der Waals surface area contributed by atoms with Gasteiger partial charge in [-0.25, -0.2) is 9.59 Å². The molecule has 1 N–H and O–H groups in total. The minimum atomic E-state index is -1.01. The maximum absolute atomic E-state index is 12.7. The SMILES string of the molecule is COC[C@H]1C[C@@H](C(=O)O)N(C(=O)OCC2c3ccccc3-c3ccccc32)C1. The standard InChI is InChI=1S/C22H23NO5/c1-27-12-14-10-20(21(24)25)23(11-14)22(26)28-13-19-17-8-4-2-6-15(17)16-7-3-5-9-18(16)19/h2-9,14,19-20H,10-13H2,1H3,(H,24,25)/t14-,20-/m0/s1. The van der Waals surface area contributed by atoms with Crippen molar-refractivity contribution in [1.82, 2.24) is 4.90 Å². The lowest BCUT2D eigenvalue weighted by atomic mass is 9.98. The maximum Gasteiger partial charge on any atom is 0.410 e. The van der Waals surface area contributed by atoms with Gasteiger partial charge in [0.1, 0.15) is 12.6 Å². The Bertz CT molecular complexity index is 851. The number of carbonyl (C=O) groups is 2. The van der Waals surface area contributed by atoms with E-state index in [0.717, 1.165) is 22.3 Å². The zero-order chi connectivity index (χ0) is 19.7. The zero-order valence-corrected chi connectivity index (χ0v) is 15.7. The van der Waals surface area contributed by atoms with Crippen molar-refractivity contribution in [1.29, 1.82) is 0 Å². The van der Waals surface area contributed by atoms with Crippen molar-refractivity contribution in [3.8, 4) is 11.1 Å². The van der Waals surface area contributed by atoms with Crippen molar-refractivity contribution in [3.05, 3.63) is 59.7 Å². The molecule has 2 aromatic rings. The summed E-state index contributed by atoms with van der Waals surface area (Å²) < 4.78 is 10.7. The first-order valence-electron chi connectivity index (χ1n) is 9.43. The molecule has 6 nitrogen and oxygen atoms in total. The van der Waals surface area contributed by atoms with Gasteiger partial charge >= 0.3 is 12.1 Å². The van der Waals surface area contributed by atoms with Crippen LogP contribution in [0.3, 0.4) is 0 Å². The van der Waals surface area contributed by atoms with Crippen LogP contribution in [0, 0.1) is 5.92 Å². The first-order chi connectivity index (χ1) is 13.6. The zero-order valence-electron chi connectivity index (χ0n) is 15.7. The van der Waals surface area contributed by atoms with Crippen LogP contribution >= 0.6 is 0 Å². The molecule has 1 aliphatic carbocycles. The molecule has 2 atom stereocenters. The monoisotopic (exact) mass is 381 g/mol. The van der Waals surface area contributed by atoms with Crippen LogP contribution in [0.2, 0.25) is 0 Å². The molecule has 1 aliphatic heterocycles. The average molecular weight is 381 g/mol. The molecule has 2 aliphatic rings. The van der Waals surface area contributed by atoms with E-state index in [-0.39, 0.29) is 18.4 Å². The molecule has 0 saturated carbocycles. The Labute approximate surface area is 163 Å². The van der Waals surface area contributed by atoms with Crippen molar-refractivity contribution in [2.75, 3.05) is 26.9 Å². The third kappa shape index (κ3) is 3.24. The third-order valence-electron chi connectivity index (χ3n) is 5.65. The predicted molar refractivity (Wildman–Crippen MR) is 103 cm³/mol. The van der Waals surface area contributed by atoms with Gasteiger partial charge in [0.15, 0.2) is 0 Å². The molecule has 28 heavy (non-hydrogen) atoms. The van der Waals surface area contributed by atoms with Crippen LogP contribution in [-0.2, 0) is 14.3 Å². The summed E-state index contributed by atoms with van der Waals surface area (Å²) in [6.45, 7) is 0.947. The molecule has 1 heterocycles. The van der Waals surface area contributed by atoms with E-state index in [1.54, 1.807) is 7.11 Å². The van der Waals surface area contributed by atoms with Gasteiger partial charge in [0.2, 0.25) is 0 Å². The Morgan fingerprint density at radius 3 is 2.21 bits per heavy atom. The van der Waals surface area contributed by atoms with Crippen LogP contribution in [0.5, 0.6) is 0 Å². The van der Waals surface area contributed by atoms with Crippen LogP contribution in [0.4, 0.5) is 4.79 Å². The number of methoxy groups -OCH3 is 1. The van der Waals surface area contributed by atoms with Gasteiger partial charge in [-0.05, 0) is 28.7 Å². The smallest absolute Gasteiger partial charge is 0.410 e. The fraction of sp³-hybridized carbons (Fsp3) is 0.364. The molecule has 1 fully saturated rings. The lowest BCUT2D eigenvalue weighted by molar-refractivity contribution is -0.141. The summed E-state index contributed by atoms with van der Waals surface area (Å²) in [6, 6.07) is 15.4. The average Bonchev–Trinajstić information content (AvgIpc) is 3.26. The number of hydrogen-bond donors (Lipinski definition) is 1. The molecule has 1 amide bonds. The Balaban J connectivity index is 1.50. The van der Waals surface area contributed by atoms with Crippen LogP contribution < -0.4 is 0 Å². The highest BCUT2D eigenvalue weighted by Gasteiger charge is 2.41.